The molecule has 5 heteroatoms. The molecule has 0 amide bonds. The lowest BCUT2D eigenvalue weighted by molar-refractivity contribution is 0.227. The first-order chi connectivity index (χ1) is 6.28. The number of hydrogen-bond acceptors (Lipinski definition) is 3. The molecular weight excluding hydrogens is 202 g/mol. The van der Waals surface area contributed by atoms with Crippen molar-refractivity contribution >= 4 is 10.0 Å². The van der Waals surface area contributed by atoms with E-state index >= 15 is 0 Å². The van der Waals surface area contributed by atoms with Crippen molar-refractivity contribution in [3.05, 3.63) is 0 Å². The molecule has 0 spiro atoms. The molecule has 0 aromatic rings. The second kappa shape index (κ2) is 5.68. The lowest BCUT2D eigenvalue weighted by Gasteiger charge is -2.20. The van der Waals surface area contributed by atoms with Crippen molar-refractivity contribution in [2.75, 3.05) is 12.4 Å². The molecule has 2 N–H and O–H groups in total. The van der Waals surface area contributed by atoms with Crippen molar-refractivity contribution in [1.82, 2.24) is 4.72 Å². The van der Waals surface area contributed by atoms with Gasteiger partial charge in [-0.2, -0.15) is 0 Å². The highest BCUT2D eigenvalue weighted by Gasteiger charge is 2.20. The van der Waals surface area contributed by atoms with E-state index in [-0.39, 0.29) is 30.2 Å². The van der Waals surface area contributed by atoms with Crippen molar-refractivity contribution in [1.29, 1.82) is 0 Å². The fourth-order valence-electron chi connectivity index (χ4n) is 1.10. The summed E-state index contributed by atoms with van der Waals surface area (Å²) < 4.78 is 25.5. The van der Waals surface area contributed by atoms with Crippen LogP contribution in [-0.4, -0.2) is 31.9 Å². The zero-order valence-electron chi connectivity index (χ0n) is 9.32. The van der Waals surface area contributed by atoms with E-state index in [1.807, 2.05) is 27.7 Å². The van der Waals surface area contributed by atoms with E-state index in [4.69, 9.17) is 5.11 Å². The van der Waals surface area contributed by atoms with Crippen LogP contribution in [0, 0.1) is 11.8 Å². The molecule has 0 saturated carbocycles. The van der Waals surface area contributed by atoms with Crippen molar-refractivity contribution in [3.63, 3.8) is 0 Å². The van der Waals surface area contributed by atoms with Crippen LogP contribution in [0.2, 0.25) is 0 Å². The van der Waals surface area contributed by atoms with Crippen LogP contribution < -0.4 is 4.72 Å². The standard InChI is InChI=1S/C9H21NO3S/c1-7(2)6-14(12,13)10-9(5-11)8(3)4/h7-11H,5-6H2,1-4H3/t9-/m1/s1. The SMILES string of the molecule is CC(C)CS(=O)(=O)N[C@H](CO)C(C)C. The van der Waals surface area contributed by atoms with Gasteiger partial charge in [-0.3, -0.25) is 0 Å². The van der Waals surface area contributed by atoms with Crippen LogP contribution in [-0.2, 0) is 10.0 Å². The molecule has 0 aliphatic carbocycles. The molecule has 0 fully saturated rings. The van der Waals surface area contributed by atoms with Gasteiger partial charge in [-0.15, -0.1) is 0 Å². The lowest BCUT2D eigenvalue weighted by atomic mass is 10.1. The Hall–Kier alpha value is -0.130. The molecule has 86 valence electrons. The highest BCUT2D eigenvalue weighted by Crippen LogP contribution is 2.05. The Morgan fingerprint density at radius 1 is 1.21 bits per heavy atom. The first-order valence-electron chi connectivity index (χ1n) is 4.89. The summed E-state index contributed by atoms with van der Waals surface area (Å²) >= 11 is 0. The van der Waals surface area contributed by atoms with Crippen molar-refractivity contribution in [2.45, 2.75) is 33.7 Å². The fraction of sp³-hybridized carbons (Fsp3) is 1.00. The summed E-state index contributed by atoms with van der Waals surface area (Å²) in [5, 5.41) is 8.97. The minimum Gasteiger partial charge on any atom is -0.395 e. The van der Waals surface area contributed by atoms with Crippen molar-refractivity contribution in [3.8, 4) is 0 Å². The maximum absolute atomic E-state index is 11.5. The van der Waals surface area contributed by atoms with Gasteiger partial charge in [0, 0.05) is 6.04 Å². The molecule has 0 radical (unpaired) electrons. The van der Waals surface area contributed by atoms with E-state index in [1.54, 1.807) is 0 Å². The molecule has 0 bridgehead atoms. The Morgan fingerprint density at radius 2 is 1.71 bits per heavy atom. The summed E-state index contributed by atoms with van der Waals surface area (Å²) in [4.78, 5) is 0. The van der Waals surface area contributed by atoms with Gasteiger partial charge in [0.25, 0.3) is 0 Å². The highest BCUT2D eigenvalue weighted by molar-refractivity contribution is 7.89. The second-order valence-corrected chi connectivity index (χ2v) is 6.12. The summed E-state index contributed by atoms with van der Waals surface area (Å²) in [5.74, 6) is 0.303. The van der Waals surface area contributed by atoms with Gasteiger partial charge in [0.2, 0.25) is 10.0 Å². The molecular formula is C9H21NO3S. The van der Waals surface area contributed by atoms with E-state index < -0.39 is 10.0 Å². The number of hydrogen-bond donors (Lipinski definition) is 2. The van der Waals surface area contributed by atoms with Crippen LogP contribution >= 0.6 is 0 Å². The summed E-state index contributed by atoms with van der Waals surface area (Å²) in [6.45, 7) is 7.29. The van der Waals surface area contributed by atoms with Gasteiger partial charge < -0.3 is 5.11 Å². The predicted molar refractivity (Wildman–Crippen MR) is 57.5 cm³/mol. The van der Waals surface area contributed by atoms with Crippen LogP contribution in [0.3, 0.4) is 0 Å². The highest BCUT2D eigenvalue weighted by atomic mass is 32.2. The molecule has 0 unspecified atom stereocenters. The number of aliphatic hydroxyl groups is 1. The summed E-state index contributed by atoms with van der Waals surface area (Å²) in [6.07, 6.45) is 0. The molecule has 1 atom stereocenters. The largest absolute Gasteiger partial charge is 0.395 e. The van der Waals surface area contributed by atoms with Gasteiger partial charge >= 0.3 is 0 Å². The quantitative estimate of drug-likeness (QED) is 0.692. The molecule has 0 rings (SSSR count). The predicted octanol–water partition coefficient (Wildman–Crippen LogP) is 0.579. The molecule has 0 aromatic carbocycles. The fourth-order valence-corrected chi connectivity index (χ4v) is 2.88. The summed E-state index contributed by atoms with van der Waals surface area (Å²) in [5.41, 5.74) is 0. The second-order valence-electron chi connectivity index (χ2n) is 4.33. The molecule has 4 nitrogen and oxygen atoms in total. The maximum atomic E-state index is 11.5. The Kier molecular flexibility index (Phi) is 5.63. The van der Waals surface area contributed by atoms with Crippen LogP contribution in [0.1, 0.15) is 27.7 Å². The van der Waals surface area contributed by atoms with Gasteiger partial charge in [0.15, 0.2) is 0 Å². The third kappa shape index (κ3) is 5.57. The number of aliphatic hydroxyl groups excluding tert-OH is 1. The average Bonchev–Trinajstić information content (AvgIpc) is 1.97. The lowest BCUT2D eigenvalue weighted by Crippen LogP contribution is -2.42. The first kappa shape index (κ1) is 13.9. The smallest absolute Gasteiger partial charge is 0.212 e. The maximum Gasteiger partial charge on any atom is 0.212 e. The first-order valence-corrected chi connectivity index (χ1v) is 6.54. The number of nitrogens with one attached hydrogen (secondary N) is 1. The van der Waals surface area contributed by atoms with Gasteiger partial charge in [-0.05, 0) is 11.8 Å². The van der Waals surface area contributed by atoms with E-state index in [0.717, 1.165) is 0 Å². The average molecular weight is 223 g/mol. The van der Waals surface area contributed by atoms with Gasteiger partial charge in [0.1, 0.15) is 0 Å². The minimum atomic E-state index is -3.25. The Balaban J connectivity index is 4.33. The normalized spacial score (nSPS) is 15.1. The zero-order valence-corrected chi connectivity index (χ0v) is 10.1. The topological polar surface area (TPSA) is 66.4 Å². The zero-order chi connectivity index (χ0) is 11.4. The summed E-state index contributed by atoms with van der Waals surface area (Å²) in [6, 6.07) is -0.376. The van der Waals surface area contributed by atoms with Crippen LogP contribution in [0.5, 0.6) is 0 Å². The molecule has 0 aliphatic rings. The molecule has 0 aromatic heterocycles. The van der Waals surface area contributed by atoms with E-state index in [1.165, 1.54) is 0 Å². The monoisotopic (exact) mass is 223 g/mol. The van der Waals surface area contributed by atoms with Gasteiger partial charge in [-0.1, -0.05) is 27.7 Å². The third-order valence-corrected chi connectivity index (χ3v) is 3.65. The number of rotatable bonds is 6. The minimum absolute atomic E-state index is 0.0963. The third-order valence-electron chi connectivity index (χ3n) is 1.89. The van der Waals surface area contributed by atoms with E-state index in [0.29, 0.717) is 0 Å². The molecule has 14 heavy (non-hydrogen) atoms. The van der Waals surface area contributed by atoms with Gasteiger partial charge in [-0.25, -0.2) is 13.1 Å². The van der Waals surface area contributed by atoms with Crippen molar-refractivity contribution in [2.24, 2.45) is 11.8 Å². The molecule has 0 aliphatic heterocycles. The van der Waals surface area contributed by atoms with Gasteiger partial charge in [0.05, 0.1) is 12.4 Å². The Morgan fingerprint density at radius 3 is 2.00 bits per heavy atom. The van der Waals surface area contributed by atoms with Crippen LogP contribution in [0.15, 0.2) is 0 Å². The van der Waals surface area contributed by atoms with E-state index in [9.17, 15) is 8.42 Å². The Labute approximate surface area is 86.8 Å². The van der Waals surface area contributed by atoms with E-state index in [2.05, 4.69) is 4.72 Å². The molecule has 0 heterocycles. The number of sulfonamides is 1. The molecule has 0 saturated heterocycles. The summed E-state index contributed by atoms with van der Waals surface area (Å²) in [7, 11) is -3.25. The van der Waals surface area contributed by atoms with Crippen molar-refractivity contribution < 1.29 is 13.5 Å². The van der Waals surface area contributed by atoms with Crippen LogP contribution in [0.4, 0.5) is 0 Å². The Bertz CT molecular complexity index is 247. The van der Waals surface area contributed by atoms with Crippen LogP contribution in [0.25, 0.3) is 0 Å².